The van der Waals surface area contributed by atoms with Crippen LogP contribution in [0, 0.1) is 0 Å². The van der Waals surface area contributed by atoms with E-state index < -0.39 is 6.03 Å². The van der Waals surface area contributed by atoms with E-state index in [0.29, 0.717) is 28.2 Å². The number of para-hydroxylation sites is 1. The Labute approximate surface area is 156 Å². The molecule has 0 bridgehead atoms. The second kappa shape index (κ2) is 7.40. The second-order valence-corrected chi connectivity index (χ2v) is 6.71. The van der Waals surface area contributed by atoms with Crippen LogP contribution in [0.15, 0.2) is 36.0 Å². The van der Waals surface area contributed by atoms with E-state index in [2.05, 4.69) is 20.6 Å². The lowest BCUT2D eigenvalue weighted by Gasteiger charge is -2.06. The number of hydrogen-bond acceptors (Lipinski definition) is 4. The number of carbonyl (C=O) groups excluding carboxylic acids is 1. The van der Waals surface area contributed by atoms with Crippen LogP contribution < -0.4 is 10.6 Å². The molecule has 10 heteroatoms. The van der Waals surface area contributed by atoms with Crippen molar-refractivity contribution in [3.8, 4) is 0 Å². The number of rotatable bonds is 4. The number of thiazole rings is 1. The molecule has 3 rings (SSSR count). The van der Waals surface area contributed by atoms with Crippen molar-refractivity contribution in [1.29, 1.82) is 0 Å². The molecule has 0 aliphatic carbocycles. The molecule has 1 aromatic carbocycles. The van der Waals surface area contributed by atoms with Crippen LogP contribution in [0.2, 0.25) is 15.3 Å². The summed E-state index contributed by atoms with van der Waals surface area (Å²) in [6, 6.07) is 6.54. The number of urea groups is 1. The molecule has 0 atom stereocenters. The first kappa shape index (κ1) is 17.0. The Hall–Kier alpha value is -1.80. The lowest BCUT2D eigenvalue weighted by atomic mass is 10.3. The number of nitrogens with zero attached hydrogens (tertiary/aromatic N) is 3. The van der Waals surface area contributed by atoms with Crippen molar-refractivity contribution in [3.63, 3.8) is 0 Å². The average molecular weight is 403 g/mol. The summed E-state index contributed by atoms with van der Waals surface area (Å²) in [6.45, 7) is 0.414. The highest BCUT2D eigenvalue weighted by atomic mass is 35.5. The lowest BCUT2D eigenvalue weighted by Crippen LogP contribution is -2.19. The molecule has 0 spiro atoms. The molecule has 6 nitrogen and oxygen atoms in total. The fourth-order valence-electron chi connectivity index (χ4n) is 1.87. The average Bonchev–Trinajstić information content (AvgIpc) is 3.11. The normalized spacial score (nSPS) is 10.6. The summed E-state index contributed by atoms with van der Waals surface area (Å²) in [6.07, 6.45) is 1.53. The second-order valence-electron chi connectivity index (χ2n) is 4.64. The van der Waals surface area contributed by atoms with E-state index in [-0.39, 0.29) is 5.15 Å². The van der Waals surface area contributed by atoms with Crippen molar-refractivity contribution in [2.45, 2.75) is 6.54 Å². The largest absolute Gasteiger partial charge is 0.324 e. The maximum atomic E-state index is 12.0. The Morgan fingerprint density at radius 3 is 2.71 bits per heavy atom. The highest BCUT2D eigenvalue weighted by molar-refractivity contribution is 7.10. The number of imidazole rings is 1. The highest BCUT2D eigenvalue weighted by Crippen LogP contribution is 2.23. The van der Waals surface area contributed by atoms with Crippen molar-refractivity contribution in [2.24, 2.45) is 0 Å². The van der Waals surface area contributed by atoms with Crippen LogP contribution in [-0.2, 0) is 6.54 Å². The van der Waals surface area contributed by atoms with Gasteiger partial charge in [0.15, 0.2) is 5.15 Å². The molecule has 0 aliphatic rings. The third-order valence-corrected chi connectivity index (χ3v) is 4.89. The number of benzene rings is 1. The summed E-state index contributed by atoms with van der Waals surface area (Å²) in [5.74, 6) is 0.432. The predicted molar refractivity (Wildman–Crippen MR) is 97.6 cm³/mol. The van der Waals surface area contributed by atoms with Gasteiger partial charge in [0.05, 0.1) is 23.6 Å². The molecule has 0 fully saturated rings. The SMILES string of the molecule is O=C(Nc1csc(Cn2cnc(Cl)c2Cl)n1)Nc1ccccc1Cl. The van der Waals surface area contributed by atoms with E-state index >= 15 is 0 Å². The third kappa shape index (κ3) is 3.99. The zero-order chi connectivity index (χ0) is 17.1. The minimum Gasteiger partial charge on any atom is -0.313 e. The summed E-state index contributed by atoms with van der Waals surface area (Å²) in [7, 11) is 0. The Bertz CT molecular complexity index is 879. The molecule has 2 N–H and O–H groups in total. The van der Waals surface area contributed by atoms with E-state index in [1.807, 2.05) is 0 Å². The van der Waals surface area contributed by atoms with Crippen LogP contribution in [0.1, 0.15) is 5.01 Å². The molecule has 0 saturated heterocycles. The van der Waals surface area contributed by atoms with Crippen molar-refractivity contribution >= 4 is 63.7 Å². The summed E-state index contributed by atoms with van der Waals surface area (Å²) < 4.78 is 1.66. The molecule has 3 aromatic rings. The Balaban J connectivity index is 1.62. The smallest absolute Gasteiger partial charge is 0.313 e. The summed E-state index contributed by atoms with van der Waals surface area (Å²) >= 11 is 19.2. The maximum absolute atomic E-state index is 12.0. The minimum atomic E-state index is -0.427. The van der Waals surface area contributed by atoms with Crippen LogP contribution in [0.4, 0.5) is 16.3 Å². The van der Waals surface area contributed by atoms with Crippen LogP contribution in [0.5, 0.6) is 0 Å². The van der Waals surface area contributed by atoms with Crippen molar-refractivity contribution in [3.05, 3.63) is 56.3 Å². The third-order valence-electron chi connectivity index (χ3n) is 2.95. The van der Waals surface area contributed by atoms with Crippen LogP contribution in [-0.4, -0.2) is 20.6 Å². The highest BCUT2D eigenvalue weighted by Gasteiger charge is 2.11. The molecule has 124 valence electrons. The molecular weight excluding hydrogens is 393 g/mol. The Morgan fingerprint density at radius 2 is 2.00 bits per heavy atom. The fraction of sp³-hybridized carbons (Fsp3) is 0.0714. The summed E-state index contributed by atoms with van der Waals surface area (Å²) in [4.78, 5) is 20.2. The van der Waals surface area contributed by atoms with Gasteiger partial charge in [-0.25, -0.2) is 14.8 Å². The molecule has 0 saturated carbocycles. The van der Waals surface area contributed by atoms with Crippen molar-refractivity contribution in [1.82, 2.24) is 14.5 Å². The first-order chi connectivity index (χ1) is 11.5. The van der Waals surface area contributed by atoms with Crippen LogP contribution in [0.25, 0.3) is 0 Å². The lowest BCUT2D eigenvalue weighted by molar-refractivity contribution is 0.262. The first-order valence-electron chi connectivity index (χ1n) is 6.66. The van der Waals surface area contributed by atoms with E-state index in [1.54, 1.807) is 34.2 Å². The maximum Gasteiger partial charge on any atom is 0.324 e. The zero-order valence-electron chi connectivity index (χ0n) is 12.0. The number of hydrogen-bond donors (Lipinski definition) is 2. The van der Waals surface area contributed by atoms with Gasteiger partial charge in [0.25, 0.3) is 0 Å². The van der Waals surface area contributed by atoms with Gasteiger partial charge in [-0.05, 0) is 12.1 Å². The molecule has 0 aliphatic heterocycles. The Morgan fingerprint density at radius 1 is 1.21 bits per heavy atom. The van der Waals surface area contributed by atoms with Gasteiger partial charge in [-0.3, -0.25) is 5.32 Å². The molecule has 0 radical (unpaired) electrons. The van der Waals surface area contributed by atoms with Gasteiger partial charge in [-0.2, -0.15) is 0 Å². The topological polar surface area (TPSA) is 71.8 Å². The standard InChI is InChI=1S/C14H10Cl3N5OS/c15-8-3-1-2-4-9(8)19-14(23)21-10-6-24-11(20-10)5-22-7-18-12(16)13(22)17/h1-4,6-7H,5H2,(H2,19,21,23). The zero-order valence-corrected chi connectivity index (χ0v) is 15.0. The monoisotopic (exact) mass is 401 g/mol. The first-order valence-corrected chi connectivity index (χ1v) is 8.67. The van der Waals surface area contributed by atoms with Crippen molar-refractivity contribution < 1.29 is 4.79 Å². The van der Waals surface area contributed by atoms with E-state index in [0.717, 1.165) is 5.01 Å². The van der Waals surface area contributed by atoms with Crippen molar-refractivity contribution in [2.75, 3.05) is 10.6 Å². The van der Waals surface area contributed by atoms with Gasteiger partial charge >= 0.3 is 6.03 Å². The molecule has 2 amide bonds. The fourth-order valence-corrected chi connectivity index (χ4v) is 3.08. The van der Waals surface area contributed by atoms with E-state index in [9.17, 15) is 4.79 Å². The molecule has 2 heterocycles. The van der Waals surface area contributed by atoms with Gasteiger partial charge < -0.3 is 9.88 Å². The number of nitrogens with one attached hydrogen (secondary N) is 2. The van der Waals surface area contributed by atoms with Crippen LogP contribution >= 0.6 is 46.1 Å². The molecule has 2 aromatic heterocycles. The van der Waals surface area contributed by atoms with Gasteiger partial charge in [0.2, 0.25) is 0 Å². The van der Waals surface area contributed by atoms with E-state index in [4.69, 9.17) is 34.8 Å². The van der Waals surface area contributed by atoms with Gasteiger partial charge in [0.1, 0.15) is 16.0 Å². The molecule has 0 unspecified atom stereocenters. The summed E-state index contributed by atoms with van der Waals surface area (Å²) in [5, 5.41) is 8.83. The number of amides is 2. The van der Waals surface area contributed by atoms with Crippen LogP contribution in [0.3, 0.4) is 0 Å². The summed E-state index contributed by atoms with van der Waals surface area (Å²) in [5.41, 5.74) is 0.520. The van der Waals surface area contributed by atoms with E-state index in [1.165, 1.54) is 17.7 Å². The Kier molecular flexibility index (Phi) is 5.25. The predicted octanol–water partition coefficient (Wildman–Crippen LogP) is 4.99. The van der Waals surface area contributed by atoms with Gasteiger partial charge in [0, 0.05) is 5.38 Å². The number of halogens is 3. The number of carbonyl (C=O) groups is 1. The number of anilines is 2. The minimum absolute atomic E-state index is 0.241. The molecule has 24 heavy (non-hydrogen) atoms. The quantitative estimate of drug-likeness (QED) is 0.645. The van der Waals surface area contributed by atoms with Gasteiger partial charge in [-0.15, -0.1) is 11.3 Å². The number of aromatic nitrogens is 3. The van der Waals surface area contributed by atoms with Gasteiger partial charge in [-0.1, -0.05) is 46.9 Å². The molecular formula is C14H10Cl3N5OS.